The van der Waals surface area contributed by atoms with Crippen LogP contribution in [0, 0.1) is 0 Å². The number of carbonyl (C=O) groups is 2. The van der Waals surface area contributed by atoms with E-state index in [0.29, 0.717) is 6.42 Å². The lowest BCUT2D eigenvalue weighted by Gasteiger charge is -2.06. The Morgan fingerprint density at radius 2 is 1.26 bits per heavy atom. The Hall–Kier alpha value is -2.50. The number of ether oxygens (including phenoxy) is 1. The largest absolute Gasteiger partial charge is 0.504 e. The first-order valence-electron chi connectivity index (χ1n) is 11.6. The van der Waals surface area contributed by atoms with Gasteiger partial charge in [0, 0.05) is 6.42 Å². The molecule has 0 amide bonds. The molecule has 0 aliphatic rings. The van der Waals surface area contributed by atoms with E-state index in [4.69, 9.17) is 4.74 Å². The van der Waals surface area contributed by atoms with Crippen LogP contribution in [0.3, 0.4) is 0 Å². The summed E-state index contributed by atoms with van der Waals surface area (Å²) in [6.07, 6.45) is 19.8. The molecule has 0 atom stereocenters. The Kier molecular flexibility index (Phi) is 13.9. The van der Waals surface area contributed by atoms with Crippen molar-refractivity contribution in [3.8, 4) is 17.2 Å². The van der Waals surface area contributed by atoms with Gasteiger partial charge in [0.05, 0.1) is 5.56 Å². The van der Waals surface area contributed by atoms with Crippen molar-refractivity contribution >= 4 is 11.9 Å². The van der Waals surface area contributed by atoms with Crippen LogP contribution in [-0.2, 0) is 9.53 Å². The molecule has 174 valence electrons. The topological polar surface area (TPSA) is 104 Å². The van der Waals surface area contributed by atoms with Crippen molar-refractivity contribution in [3.63, 3.8) is 0 Å². The number of allylic oxidation sites excluding steroid dienone is 2. The first kappa shape index (κ1) is 26.5. The summed E-state index contributed by atoms with van der Waals surface area (Å²) in [4.78, 5) is 23.6. The average molecular weight is 435 g/mol. The summed E-state index contributed by atoms with van der Waals surface area (Å²) < 4.78 is 4.71. The van der Waals surface area contributed by atoms with Gasteiger partial charge in [0.2, 0.25) is 0 Å². The molecule has 3 N–H and O–H groups in total. The van der Waals surface area contributed by atoms with Crippen molar-refractivity contribution in [2.24, 2.45) is 0 Å². The fraction of sp³-hybridized carbons (Fsp3) is 0.600. The van der Waals surface area contributed by atoms with Crippen LogP contribution in [0.4, 0.5) is 0 Å². The molecule has 0 aromatic heterocycles. The third-order valence-corrected chi connectivity index (χ3v) is 5.15. The molecule has 1 aromatic carbocycles. The summed E-state index contributed by atoms with van der Waals surface area (Å²) >= 11 is 0. The molecular weight excluding hydrogens is 396 g/mol. The number of unbranched alkanes of at least 4 members (excludes halogenated alkanes) is 11. The zero-order valence-corrected chi connectivity index (χ0v) is 18.8. The van der Waals surface area contributed by atoms with Crippen LogP contribution < -0.4 is 0 Å². The lowest BCUT2D eigenvalue weighted by Crippen LogP contribution is -2.12. The summed E-state index contributed by atoms with van der Waals surface area (Å²) in [7, 11) is 0. The van der Waals surface area contributed by atoms with Crippen LogP contribution in [-0.4, -0.2) is 27.3 Å². The van der Waals surface area contributed by atoms with Gasteiger partial charge in [0.15, 0.2) is 17.2 Å². The quantitative estimate of drug-likeness (QED) is 0.0899. The molecule has 1 rings (SSSR count). The molecular formula is C25H38O6. The lowest BCUT2D eigenvalue weighted by molar-refractivity contribution is -0.138. The molecule has 0 spiro atoms. The monoisotopic (exact) mass is 434 g/mol. The van der Waals surface area contributed by atoms with Gasteiger partial charge >= 0.3 is 11.9 Å². The summed E-state index contributed by atoms with van der Waals surface area (Å²) in [5.41, 5.74) is -0.203. The second-order valence-corrected chi connectivity index (χ2v) is 7.96. The fourth-order valence-electron chi connectivity index (χ4n) is 3.28. The molecule has 0 bridgehead atoms. The average Bonchev–Trinajstić information content (AvgIpc) is 2.74. The molecule has 0 unspecified atom stereocenters. The van der Waals surface area contributed by atoms with Crippen molar-refractivity contribution in [1.82, 2.24) is 0 Å². The van der Waals surface area contributed by atoms with Gasteiger partial charge < -0.3 is 20.1 Å². The number of hydrogen-bond acceptors (Lipinski definition) is 6. The molecule has 0 saturated heterocycles. The minimum absolute atomic E-state index is 0.139. The highest BCUT2D eigenvalue weighted by Crippen LogP contribution is 2.35. The predicted octanol–water partition coefficient (Wildman–Crippen LogP) is 6.52. The summed E-state index contributed by atoms with van der Waals surface area (Å²) in [6, 6.07) is 1.87. The van der Waals surface area contributed by atoms with Crippen molar-refractivity contribution < 1.29 is 29.6 Å². The van der Waals surface area contributed by atoms with Crippen LogP contribution in [0.15, 0.2) is 24.3 Å². The van der Waals surface area contributed by atoms with Crippen molar-refractivity contribution in [1.29, 1.82) is 0 Å². The van der Waals surface area contributed by atoms with Crippen molar-refractivity contribution in [2.75, 3.05) is 0 Å². The van der Waals surface area contributed by atoms with E-state index in [1.54, 1.807) is 0 Å². The van der Waals surface area contributed by atoms with Gasteiger partial charge in [0.25, 0.3) is 0 Å². The number of carbonyl (C=O) groups excluding carboxylic acids is 2. The van der Waals surface area contributed by atoms with Gasteiger partial charge in [-0.3, -0.25) is 4.79 Å². The molecule has 0 aliphatic carbocycles. The minimum Gasteiger partial charge on any atom is -0.504 e. The maximum atomic E-state index is 11.9. The maximum absolute atomic E-state index is 11.9. The second kappa shape index (κ2) is 16.2. The molecule has 0 radical (unpaired) electrons. The summed E-state index contributed by atoms with van der Waals surface area (Å²) in [5.74, 6) is -3.65. The Balaban J connectivity index is 2.02. The Bertz CT molecular complexity index is 672. The van der Waals surface area contributed by atoms with Gasteiger partial charge in [-0.1, -0.05) is 70.4 Å². The van der Waals surface area contributed by atoms with E-state index in [1.165, 1.54) is 44.9 Å². The number of phenolic OH excluding ortho intramolecular Hbond substituents is 3. The van der Waals surface area contributed by atoms with Crippen LogP contribution in [0.25, 0.3) is 0 Å². The number of phenols is 3. The Morgan fingerprint density at radius 1 is 0.774 bits per heavy atom. The van der Waals surface area contributed by atoms with Crippen LogP contribution in [0.1, 0.15) is 107 Å². The third kappa shape index (κ3) is 12.1. The fourth-order valence-corrected chi connectivity index (χ4v) is 3.28. The highest BCUT2D eigenvalue weighted by Gasteiger charge is 2.17. The molecule has 0 heterocycles. The first-order chi connectivity index (χ1) is 15.0. The summed E-state index contributed by atoms with van der Waals surface area (Å²) in [5, 5.41) is 28.1. The van der Waals surface area contributed by atoms with Crippen LogP contribution >= 0.6 is 0 Å². The van der Waals surface area contributed by atoms with Gasteiger partial charge in [-0.15, -0.1) is 0 Å². The Labute approximate surface area is 185 Å². The molecule has 0 saturated carbocycles. The highest BCUT2D eigenvalue weighted by molar-refractivity contribution is 5.97. The second-order valence-electron chi connectivity index (χ2n) is 7.96. The molecule has 6 heteroatoms. The molecule has 0 aliphatic heterocycles. The molecule has 0 fully saturated rings. The van der Waals surface area contributed by atoms with E-state index >= 15 is 0 Å². The van der Waals surface area contributed by atoms with Crippen LogP contribution in [0.5, 0.6) is 17.2 Å². The molecule has 31 heavy (non-hydrogen) atoms. The zero-order chi connectivity index (χ0) is 22.9. The number of rotatable bonds is 16. The normalized spacial score (nSPS) is 11.1. The van der Waals surface area contributed by atoms with Gasteiger partial charge in [-0.25, -0.2) is 4.79 Å². The third-order valence-electron chi connectivity index (χ3n) is 5.15. The van der Waals surface area contributed by atoms with E-state index in [9.17, 15) is 24.9 Å². The predicted molar refractivity (Wildman–Crippen MR) is 121 cm³/mol. The SMILES string of the molecule is CCCCCCCCC=CCCCCCCCC(=O)OC(=O)c1cc(O)c(O)c(O)c1. The maximum Gasteiger partial charge on any atom is 0.346 e. The molecule has 6 nitrogen and oxygen atoms in total. The smallest absolute Gasteiger partial charge is 0.346 e. The standard InChI is InChI=1S/C25H38O6/c1-2-3-4-5-6-7-8-9-10-11-12-13-14-15-16-17-23(28)31-25(30)20-18-21(26)24(29)22(27)19-20/h9-10,18-19,26-27,29H,2-8,11-17H2,1H3. The van der Waals surface area contributed by atoms with Gasteiger partial charge in [0.1, 0.15) is 0 Å². The zero-order valence-electron chi connectivity index (χ0n) is 18.8. The van der Waals surface area contributed by atoms with Gasteiger partial charge in [-0.05, 0) is 44.2 Å². The number of benzene rings is 1. The Morgan fingerprint density at radius 3 is 1.81 bits per heavy atom. The number of aromatic hydroxyl groups is 3. The van der Waals surface area contributed by atoms with Crippen molar-refractivity contribution in [2.45, 2.75) is 96.8 Å². The minimum atomic E-state index is -0.969. The molecule has 1 aromatic rings. The summed E-state index contributed by atoms with van der Waals surface area (Å²) in [6.45, 7) is 2.24. The number of esters is 2. The van der Waals surface area contributed by atoms with E-state index in [2.05, 4.69) is 19.1 Å². The van der Waals surface area contributed by atoms with Crippen LogP contribution in [0.2, 0.25) is 0 Å². The number of hydrogen-bond donors (Lipinski definition) is 3. The van der Waals surface area contributed by atoms with Crippen molar-refractivity contribution in [3.05, 3.63) is 29.8 Å². The van der Waals surface area contributed by atoms with E-state index in [0.717, 1.165) is 44.2 Å². The van der Waals surface area contributed by atoms with E-state index in [1.807, 2.05) is 0 Å². The van der Waals surface area contributed by atoms with E-state index < -0.39 is 29.2 Å². The lowest BCUT2D eigenvalue weighted by atomic mass is 10.1. The van der Waals surface area contributed by atoms with Gasteiger partial charge in [-0.2, -0.15) is 0 Å². The van der Waals surface area contributed by atoms with E-state index in [-0.39, 0.29) is 12.0 Å². The highest BCUT2D eigenvalue weighted by atomic mass is 16.6. The first-order valence-corrected chi connectivity index (χ1v) is 11.6.